The van der Waals surface area contributed by atoms with Crippen LogP contribution in [0.4, 0.5) is 0 Å². The first-order chi connectivity index (χ1) is 8.71. The normalized spacial score (nSPS) is 19.4. The Hall–Kier alpha value is -1.42. The molecule has 0 bridgehead atoms. The van der Waals surface area contributed by atoms with Crippen molar-refractivity contribution in [1.82, 2.24) is 0 Å². The largest absolute Gasteiger partial charge is 0.349 e. The summed E-state index contributed by atoms with van der Waals surface area (Å²) in [6.07, 6.45) is 6.65. The van der Waals surface area contributed by atoms with Gasteiger partial charge in [0.2, 0.25) is 0 Å². The molecule has 1 atom stereocenters. The van der Waals surface area contributed by atoms with Crippen LogP contribution in [-0.4, -0.2) is 20.0 Å². The van der Waals surface area contributed by atoms with Gasteiger partial charge < -0.3 is 15.2 Å². The molecule has 1 aromatic rings. The summed E-state index contributed by atoms with van der Waals surface area (Å²) in [5.41, 5.74) is 8.44. The van der Waals surface area contributed by atoms with Crippen molar-refractivity contribution in [2.45, 2.75) is 18.2 Å². The molecule has 0 spiro atoms. The molecule has 18 heavy (non-hydrogen) atoms. The van der Waals surface area contributed by atoms with Gasteiger partial charge >= 0.3 is 0 Å². The third-order valence-corrected chi connectivity index (χ3v) is 3.36. The second kappa shape index (κ2) is 5.48. The van der Waals surface area contributed by atoms with Crippen LogP contribution < -0.4 is 5.73 Å². The minimum absolute atomic E-state index is 0.103. The molecule has 2 rings (SSSR count). The highest BCUT2D eigenvalue weighted by atomic mass is 16.7. The first-order valence-electron chi connectivity index (χ1n) is 6.01. The maximum absolute atomic E-state index is 6.24. The topological polar surface area (TPSA) is 44.5 Å². The summed E-state index contributed by atoms with van der Waals surface area (Å²) in [7, 11) is 3.29. The molecule has 2 N–H and O–H groups in total. The number of methoxy groups -OCH3 is 2. The van der Waals surface area contributed by atoms with Crippen LogP contribution in [0.15, 0.2) is 54.1 Å². The smallest absolute Gasteiger partial charge is 0.190 e. The van der Waals surface area contributed by atoms with Crippen LogP contribution >= 0.6 is 0 Å². The van der Waals surface area contributed by atoms with Gasteiger partial charge in [0.25, 0.3) is 0 Å². The summed E-state index contributed by atoms with van der Waals surface area (Å²) < 4.78 is 10.7. The van der Waals surface area contributed by atoms with Gasteiger partial charge in [0, 0.05) is 20.6 Å². The molecule has 96 valence electrons. The van der Waals surface area contributed by atoms with Gasteiger partial charge in [0.05, 0.1) is 6.04 Å². The van der Waals surface area contributed by atoms with Crippen LogP contribution in [0.1, 0.15) is 18.0 Å². The van der Waals surface area contributed by atoms with E-state index >= 15 is 0 Å². The quantitative estimate of drug-likeness (QED) is 0.829. The SMILES string of the molecule is COC1(OC)C=CC(C(N)c2ccccc2)=CC1. The van der Waals surface area contributed by atoms with Crippen molar-refractivity contribution in [2.24, 2.45) is 5.73 Å². The zero-order valence-electron chi connectivity index (χ0n) is 10.8. The van der Waals surface area contributed by atoms with Crippen LogP contribution in [-0.2, 0) is 9.47 Å². The molecule has 1 aliphatic rings. The van der Waals surface area contributed by atoms with Crippen LogP contribution in [0.2, 0.25) is 0 Å². The number of hydrogen-bond acceptors (Lipinski definition) is 3. The predicted octanol–water partition coefficient (Wildman–Crippen LogP) is 2.56. The Morgan fingerprint density at radius 3 is 2.33 bits per heavy atom. The lowest BCUT2D eigenvalue weighted by Crippen LogP contribution is -2.32. The molecule has 0 heterocycles. The standard InChI is InChI=1S/C15H19NO2/c1-17-15(18-2)10-8-13(9-11-15)14(16)12-6-4-3-5-7-12/h3-10,14H,11,16H2,1-2H3. The predicted molar refractivity (Wildman–Crippen MR) is 72.0 cm³/mol. The Balaban J connectivity index is 2.14. The molecule has 0 saturated heterocycles. The molecule has 0 saturated carbocycles. The molecule has 0 amide bonds. The van der Waals surface area contributed by atoms with Crippen molar-refractivity contribution in [2.75, 3.05) is 14.2 Å². The van der Waals surface area contributed by atoms with Gasteiger partial charge in [0.15, 0.2) is 5.79 Å². The summed E-state index contributed by atoms with van der Waals surface area (Å²) in [5.74, 6) is -0.639. The minimum atomic E-state index is -0.639. The fourth-order valence-corrected chi connectivity index (χ4v) is 2.09. The van der Waals surface area contributed by atoms with E-state index in [1.54, 1.807) is 14.2 Å². The van der Waals surface area contributed by atoms with Crippen LogP contribution in [0.3, 0.4) is 0 Å². The average molecular weight is 245 g/mol. The van der Waals surface area contributed by atoms with Crippen molar-refractivity contribution in [3.05, 3.63) is 59.7 Å². The molecule has 0 radical (unpaired) electrons. The zero-order valence-corrected chi connectivity index (χ0v) is 10.8. The summed E-state index contributed by atoms with van der Waals surface area (Å²) in [6.45, 7) is 0. The Morgan fingerprint density at radius 1 is 1.17 bits per heavy atom. The monoisotopic (exact) mass is 245 g/mol. The lowest BCUT2D eigenvalue weighted by Gasteiger charge is -2.30. The Morgan fingerprint density at radius 2 is 1.83 bits per heavy atom. The number of nitrogens with two attached hydrogens (primary N) is 1. The molecule has 0 aromatic heterocycles. The molecular weight excluding hydrogens is 226 g/mol. The van der Waals surface area contributed by atoms with E-state index in [0.29, 0.717) is 6.42 Å². The molecular formula is C15H19NO2. The molecule has 0 fully saturated rings. The summed E-state index contributed by atoms with van der Waals surface area (Å²) in [5, 5.41) is 0. The third-order valence-electron chi connectivity index (χ3n) is 3.36. The van der Waals surface area contributed by atoms with E-state index in [9.17, 15) is 0 Å². The second-order valence-electron chi connectivity index (χ2n) is 4.35. The number of ether oxygens (including phenoxy) is 2. The third kappa shape index (κ3) is 2.53. The average Bonchev–Trinajstić information content (AvgIpc) is 2.47. The fraction of sp³-hybridized carbons (Fsp3) is 0.333. The van der Waals surface area contributed by atoms with Gasteiger partial charge in [-0.15, -0.1) is 0 Å². The fourth-order valence-electron chi connectivity index (χ4n) is 2.09. The van der Waals surface area contributed by atoms with Crippen molar-refractivity contribution in [3.8, 4) is 0 Å². The maximum atomic E-state index is 6.24. The highest BCUT2D eigenvalue weighted by Crippen LogP contribution is 2.30. The van der Waals surface area contributed by atoms with E-state index in [0.717, 1.165) is 11.1 Å². The van der Waals surface area contributed by atoms with Gasteiger partial charge in [-0.05, 0) is 17.2 Å². The molecule has 1 aromatic carbocycles. The number of benzene rings is 1. The first-order valence-corrected chi connectivity index (χ1v) is 6.01. The van der Waals surface area contributed by atoms with E-state index < -0.39 is 5.79 Å². The first kappa shape index (κ1) is 13.0. The highest BCUT2D eigenvalue weighted by molar-refractivity contribution is 5.36. The zero-order chi connectivity index (χ0) is 13.0. The van der Waals surface area contributed by atoms with E-state index in [4.69, 9.17) is 15.2 Å². The van der Waals surface area contributed by atoms with E-state index in [1.807, 2.05) is 42.5 Å². The number of rotatable bonds is 4. The maximum Gasteiger partial charge on any atom is 0.190 e. The van der Waals surface area contributed by atoms with Gasteiger partial charge in [-0.25, -0.2) is 0 Å². The van der Waals surface area contributed by atoms with E-state index in [2.05, 4.69) is 6.08 Å². The van der Waals surface area contributed by atoms with Crippen molar-refractivity contribution < 1.29 is 9.47 Å². The molecule has 1 unspecified atom stereocenters. The van der Waals surface area contributed by atoms with Crippen molar-refractivity contribution in [3.63, 3.8) is 0 Å². The van der Waals surface area contributed by atoms with Crippen molar-refractivity contribution >= 4 is 0 Å². The van der Waals surface area contributed by atoms with Crippen LogP contribution in [0.25, 0.3) is 0 Å². The summed E-state index contributed by atoms with van der Waals surface area (Å²) in [6, 6.07) is 9.95. The van der Waals surface area contributed by atoms with E-state index in [1.165, 1.54) is 0 Å². The van der Waals surface area contributed by atoms with Gasteiger partial charge in [-0.1, -0.05) is 42.5 Å². The lowest BCUT2D eigenvalue weighted by atomic mass is 9.93. The van der Waals surface area contributed by atoms with Gasteiger partial charge in [-0.2, -0.15) is 0 Å². The molecule has 1 aliphatic carbocycles. The van der Waals surface area contributed by atoms with E-state index in [-0.39, 0.29) is 6.04 Å². The van der Waals surface area contributed by atoms with Crippen LogP contribution in [0.5, 0.6) is 0 Å². The van der Waals surface area contributed by atoms with Gasteiger partial charge in [0.1, 0.15) is 0 Å². The minimum Gasteiger partial charge on any atom is -0.349 e. The highest BCUT2D eigenvalue weighted by Gasteiger charge is 2.28. The molecule has 0 aliphatic heterocycles. The Kier molecular flexibility index (Phi) is 3.97. The lowest BCUT2D eigenvalue weighted by molar-refractivity contribution is -0.167. The summed E-state index contributed by atoms with van der Waals surface area (Å²) >= 11 is 0. The number of hydrogen-bond donors (Lipinski definition) is 1. The second-order valence-corrected chi connectivity index (χ2v) is 4.35. The molecule has 3 nitrogen and oxygen atoms in total. The Labute approximate surface area is 108 Å². The van der Waals surface area contributed by atoms with Crippen LogP contribution in [0, 0.1) is 0 Å². The summed E-state index contributed by atoms with van der Waals surface area (Å²) in [4.78, 5) is 0. The van der Waals surface area contributed by atoms with Gasteiger partial charge in [-0.3, -0.25) is 0 Å². The van der Waals surface area contributed by atoms with Crippen molar-refractivity contribution in [1.29, 1.82) is 0 Å². The molecule has 3 heteroatoms. The Bertz CT molecular complexity index is 447.